The van der Waals surface area contributed by atoms with E-state index in [1.54, 1.807) is 9.47 Å². The quantitative estimate of drug-likeness (QED) is 0.275. The lowest BCUT2D eigenvalue weighted by Gasteiger charge is -2.27. The molecule has 1 aliphatic carbocycles. The van der Waals surface area contributed by atoms with Gasteiger partial charge in [0.15, 0.2) is 0 Å². The van der Waals surface area contributed by atoms with Gasteiger partial charge in [0.05, 0.1) is 11.9 Å². The summed E-state index contributed by atoms with van der Waals surface area (Å²) in [7, 11) is 0. The molecule has 1 N–H and O–H groups in total. The van der Waals surface area contributed by atoms with Gasteiger partial charge in [0.25, 0.3) is 11.8 Å². The molecule has 0 bridgehead atoms. The Morgan fingerprint density at radius 1 is 1.18 bits per heavy atom. The fraction of sp³-hybridized carbons (Fsp3) is 0.333. The van der Waals surface area contributed by atoms with Crippen molar-refractivity contribution in [1.82, 2.24) is 14.9 Å². The molecule has 202 valence electrons. The van der Waals surface area contributed by atoms with E-state index in [4.69, 9.17) is 4.74 Å². The Hall–Kier alpha value is -3.72. The normalized spacial score (nSPS) is 19.0. The Kier molecular flexibility index (Phi) is 6.97. The van der Waals surface area contributed by atoms with Gasteiger partial charge < -0.3 is 10.1 Å². The van der Waals surface area contributed by atoms with Gasteiger partial charge >= 0.3 is 5.97 Å². The molecule has 5 rings (SSSR count). The van der Waals surface area contributed by atoms with E-state index in [1.807, 2.05) is 50.2 Å². The third-order valence-corrected chi connectivity index (χ3v) is 7.94. The van der Waals surface area contributed by atoms with Gasteiger partial charge in [0.2, 0.25) is 5.95 Å². The summed E-state index contributed by atoms with van der Waals surface area (Å²) in [5.41, 5.74) is 1.79. The van der Waals surface area contributed by atoms with E-state index in [0.717, 1.165) is 27.6 Å². The van der Waals surface area contributed by atoms with E-state index in [1.165, 1.54) is 12.3 Å². The van der Waals surface area contributed by atoms with Crippen LogP contribution in [0.25, 0.3) is 0 Å². The zero-order valence-electron chi connectivity index (χ0n) is 22.3. The Labute approximate surface area is 236 Å². The zero-order valence-corrected chi connectivity index (χ0v) is 23.9. The fourth-order valence-electron chi connectivity index (χ4n) is 5.19. The maximum absolute atomic E-state index is 14.3. The smallest absolute Gasteiger partial charge is 0.332 e. The first kappa shape index (κ1) is 26.9. The van der Waals surface area contributed by atoms with Crippen LogP contribution in [0.15, 0.2) is 65.8 Å². The number of hydrogen-bond acceptors (Lipinski definition) is 5. The molecule has 9 heteroatoms. The number of esters is 1. The SMILES string of the molecule is C=CCOC(=O)C1(NC(=O)c2cnc3n2C(C)(Cc2ccc(Br)cc2)C(=O)N3c2cc(C)cc(CC)c2)CC1. The van der Waals surface area contributed by atoms with Crippen LogP contribution in [0.4, 0.5) is 11.6 Å². The number of hydrogen-bond donors (Lipinski definition) is 1. The summed E-state index contributed by atoms with van der Waals surface area (Å²) in [5.74, 6) is -0.769. The first-order valence-corrected chi connectivity index (χ1v) is 13.8. The van der Waals surface area contributed by atoms with E-state index in [9.17, 15) is 14.4 Å². The van der Waals surface area contributed by atoms with Crippen molar-refractivity contribution in [3.8, 4) is 0 Å². The Bertz CT molecular complexity index is 1470. The minimum Gasteiger partial charge on any atom is -0.460 e. The van der Waals surface area contributed by atoms with Crippen LogP contribution in [0.2, 0.25) is 0 Å². The van der Waals surface area contributed by atoms with Gasteiger partial charge in [0, 0.05) is 10.9 Å². The van der Waals surface area contributed by atoms with Crippen LogP contribution in [-0.2, 0) is 32.7 Å². The highest BCUT2D eigenvalue weighted by atomic mass is 79.9. The Balaban J connectivity index is 1.57. The number of nitrogens with one attached hydrogen (secondary N) is 1. The van der Waals surface area contributed by atoms with Gasteiger partial charge in [-0.05, 0) is 74.1 Å². The van der Waals surface area contributed by atoms with Crippen LogP contribution in [0.3, 0.4) is 0 Å². The van der Waals surface area contributed by atoms with Crippen LogP contribution < -0.4 is 10.2 Å². The number of aryl methyl sites for hydroxylation is 2. The minimum atomic E-state index is -1.14. The van der Waals surface area contributed by atoms with Crippen LogP contribution >= 0.6 is 15.9 Å². The summed E-state index contributed by atoms with van der Waals surface area (Å²) < 4.78 is 7.87. The van der Waals surface area contributed by atoms with Gasteiger partial charge in [0.1, 0.15) is 23.4 Å². The lowest BCUT2D eigenvalue weighted by Crippen LogP contribution is -2.47. The molecule has 0 saturated heterocycles. The Morgan fingerprint density at radius 2 is 1.90 bits per heavy atom. The lowest BCUT2D eigenvalue weighted by atomic mass is 9.91. The second kappa shape index (κ2) is 10.1. The van der Waals surface area contributed by atoms with Crippen molar-refractivity contribution in [2.75, 3.05) is 11.5 Å². The minimum absolute atomic E-state index is 0.0729. The van der Waals surface area contributed by atoms with E-state index in [-0.39, 0.29) is 18.2 Å². The van der Waals surface area contributed by atoms with E-state index in [2.05, 4.69) is 45.8 Å². The lowest BCUT2D eigenvalue weighted by molar-refractivity contribution is -0.145. The molecular weight excluding hydrogens is 560 g/mol. The number of halogens is 1. The third-order valence-electron chi connectivity index (χ3n) is 7.41. The van der Waals surface area contributed by atoms with Gasteiger partial charge in [-0.15, -0.1) is 0 Å². The molecule has 8 nitrogen and oxygen atoms in total. The number of benzene rings is 2. The predicted octanol–water partition coefficient (Wildman–Crippen LogP) is 5.14. The number of anilines is 2. The molecule has 2 aliphatic rings. The van der Waals surface area contributed by atoms with Crippen LogP contribution in [-0.4, -0.2) is 39.5 Å². The van der Waals surface area contributed by atoms with Crippen molar-refractivity contribution in [2.45, 2.75) is 57.5 Å². The number of ether oxygens (including phenoxy) is 1. The van der Waals surface area contributed by atoms with Gasteiger partial charge in [-0.2, -0.15) is 0 Å². The monoisotopic (exact) mass is 590 g/mol. The summed E-state index contributed by atoms with van der Waals surface area (Å²) >= 11 is 3.47. The summed E-state index contributed by atoms with van der Waals surface area (Å²) in [6, 6.07) is 13.8. The highest BCUT2D eigenvalue weighted by Gasteiger charge is 2.55. The molecule has 2 heterocycles. The molecule has 1 unspecified atom stereocenters. The number of aromatic nitrogens is 2. The summed E-state index contributed by atoms with van der Waals surface area (Å²) in [5, 5.41) is 2.87. The highest BCUT2D eigenvalue weighted by molar-refractivity contribution is 9.10. The molecule has 1 aliphatic heterocycles. The maximum Gasteiger partial charge on any atom is 0.332 e. The Morgan fingerprint density at radius 3 is 2.54 bits per heavy atom. The second-order valence-corrected chi connectivity index (χ2v) is 11.4. The predicted molar refractivity (Wildman–Crippen MR) is 152 cm³/mol. The summed E-state index contributed by atoms with van der Waals surface area (Å²) in [6.45, 7) is 9.54. The van der Waals surface area contributed by atoms with Crippen molar-refractivity contribution >= 4 is 45.3 Å². The van der Waals surface area contributed by atoms with Crippen molar-refractivity contribution in [3.05, 3.63) is 88.2 Å². The van der Waals surface area contributed by atoms with Crippen LogP contribution in [0.5, 0.6) is 0 Å². The molecule has 1 saturated carbocycles. The first-order valence-electron chi connectivity index (χ1n) is 13.0. The highest BCUT2D eigenvalue weighted by Crippen LogP contribution is 2.43. The average Bonchev–Trinajstić information content (AvgIpc) is 3.50. The van der Waals surface area contributed by atoms with Crippen molar-refractivity contribution in [3.63, 3.8) is 0 Å². The van der Waals surface area contributed by atoms with Gasteiger partial charge in [-0.1, -0.05) is 53.7 Å². The maximum atomic E-state index is 14.3. The topological polar surface area (TPSA) is 93.5 Å². The largest absolute Gasteiger partial charge is 0.460 e. The van der Waals surface area contributed by atoms with Crippen LogP contribution in [0.1, 0.15) is 53.9 Å². The number of rotatable bonds is 9. The van der Waals surface area contributed by atoms with Crippen molar-refractivity contribution < 1.29 is 19.1 Å². The van der Waals surface area contributed by atoms with Crippen LogP contribution in [0, 0.1) is 6.92 Å². The summed E-state index contributed by atoms with van der Waals surface area (Å²) in [6.07, 6.45) is 5.10. The average molecular weight is 592 g/mol. The molecule has 0 spiro atoms. The molecular formula is C30H31BrN4O4. The number of carbonyl (C=O) groups excluding carboxylic acids is 3. The molecule has 0 radical (unpaired) electrons. The second-order valence-electron chi connectivity index (χ2n) is 10.5. The molecule has 1 aromatic heterocycles. The number of carbonyl (C=O) groups is 3. The molecule has 1 fully saturated rings. The molecule has 2 aromatic carbocycles. The first-order chi connectivity index (χ1) is 18.6. The molecule has 2 amide bonds. The van der Waals surface area contributed by atoms with E-state index < -0.39 is 23.0 Å². The van der Waals surface area contributed by atoms with Gasteiger partial charge in [-0.25, -0.2) is 14.7 Å². The number of nitrogens with zero attached hydrogens (tertiary/aromatic N) is 3. The molecule has 3 aromatic rings. The van der Waals surface area contributed by atoms with Crippen molar-refractivity contribution in [2.24, 2.45) is 0 Å². The number of amides is 2. The zero-order chi connectivity index (χ0) is 27.9. The number of fused-ring (bicyclic) bond motifs is 1. The standard InChI is InChI=1S/C30H31BrN4O4/c1-5-13-39-27(38)30(11-12-30)33-25(36)24-18-32-28-34(23-15-19(3)14-20(6-2)16-23)26(37)29(4,35(24)28)17-21-7-9-22(31)10-8-21/h5,7-10,14-16,18H,1,6,11-13,17H2,2-4H3,(H,33,36). The van der Waals surface area contributed by atoms with E-state index >= 15 is 0 Å². The third kappa shape index (κ3) is 4.80. The summed E-state index contributed by atoms with van der Waals surface area (Å²) in [4.78, 5) is 46.7. The molecule has 1 atom stereocenters. The fourth-order valence-corrected chi connectivity index (χ4v) is 5.46. The molecule has 39 heavy (non-hydrogen) atoms. The number of imidazole rings is 1. The van der Waals surface area contributed by atoms with E-state index in [0.29, 0.717) is 30.9 Å². The van der Waals surface area contributed by atoms with Crippen molar-refractivity contribution in [1.29, 1.82) is 0 Å². The van der Waals surface area contributed by atoms with Gasteiger partial charge in [-0.3, -0.25) is 14.2 Å².